The van der Waals surface area contributed by atoms with Crippen LogP contribution in [0.3, 0.4) is 0 Å². The SMILES string of the molecule is CO[C@H]1[C@H](O[C@@H]2[C@@H](C)[C@H](C[C@H]3C[C@H](C)[C@@H](OC(C)=O)[C@H](C)O3)[C@@H](C)C(=O)NC(Cc3ccccc3)CC(=O)N(C)C[C@H](C)C[C@H]2O)O[C@H](C)C[C@@H]1N(C)C. The Hall–Kier alpha value is -2.61. The van der Waals surface area contributed by atoms with E-state index in [4.69, 9.17) is 23.7 Å². The number of nitrogens with zero attached hydrogens (tertiary/aromatic N) is 2. The number of ether oxygens (including phenoxy) is 5. The van der Waals surface area contributed by atoms with E-state index < -0.39 is 36.6 Å². The number of carbonyl (C=O) groups is 3. The molecule has 0 aromatic heterocycles. The highest BCUT2D eigenvalue weighted by atomic mass is 16.7. The molecule has 54 heavy (non-hydrogen) atoms. The summed E-state index contributed by atoms with van der Waals surface area (Å²) in [4.78, 5) is 43.9. The van der Waals surface area contributed by atoms with Crippen LogP contribution in [0.1, 0.15) is 86.1 Å². The molecule has 12 nitrogen and oxygen atoms in total. The highest BCUT2D eigenvalue weighted by Gasteiger charge is 2.46. The van der Waals surface area contributed by atoms with Crippen LogP contribution < -0.4 is 5.32 Å². The fraction of sp³-hybridized carbons (Fsp3) is 0.786. The molecule has 3 heterocycles. The number of esters is 1. The van der Waals surface area contributed by atoms with Gasteiger partial charge in [0.15, 0.2) is 6.29 Å². The summed E-state index contributed by atoms with van der Waals surface area (Å²) in [5.74, 6) is -1.75. The average molecular weight is 760 g/mol. The normalized spacial score (nSPS) is 39.1. The van der Waals surface area contributed by atoms with Gasteiger partial charge in [0.2, 0.25) is 11.8 Å². The van der Waals surface area contributed by atoms with E-state index in [9.17, 15) is 19.5 Å². The minimum atomic E-state index is -0.931. The zero-order valence-electron chi connectivity index (χ0n) is 34.6. The molecule has 0 bridgehead atoms. The number of methoxy groups -OCH3 is 1. The van der Waals surface area contributed by atoms with E-state index in [1.54, 1.807) is 19.1 Å². The molecular weight excluding hydrogens is 690 g/mol. The molecule has 3 aliphatic rings. The van der Waals surface area contributed by atoms with Crippen molar-refractivity contribution in [3.05, 3.63) is 35.9 Å². The maximum Gasteiger partial charge on any atom is 0.303 e. The van der Waals surface area contributed by atoms with Gasteiger partial charge in [-0.05, 0) is 89.3 Å². The molecule has 12 heteroatoms. The second-order valence-electron chi connectivity index (χ2n) is 17.0. The maximum atomic E-state index is 14.5. The molecule has 1 aromatic carbocycles. The number of rotatable bonds is 9. The molecule has 306 valence electrons. The van der Waals surface area contributed by atoms with E-state index in [0.717, 1.165) is 12.0 Å². The molecule has 1 unspecified atom stereocenters. The van der Waals surface area contributed by atoms with E-state index in [1.165, 1.54) is 6.92 Å². The van der Waals surface area contributed by atoms with Gasteiger partial charge in [-0.25, -0.2) is 0 Å². The first-order valence-corrected chi connectivity index (χ1v) is 20.1. The summed E-state index contributed by atoms with van der Waals surface area (Å²) in [5.41, 5.74) is 1.04. The van der Waals surface area contributed by atoms with Crippen LogP contribution in [0.5, 0.6) is 0 Å². The van der Waals surface area contributed by atoms with Crippen molar-refractivity contribution >= 4 is 17.8 Å². The molecule has 0 spiro atoms. The molecule has 1 aromatic rings. The summed E-state index contributed by atoms with van der Waals surface area (Å²) in [5, 5.41) is 15.4. The van der Waals surface area contributed by atoms with Crippen LogP contribution in [0, 0.1) is 29.6 Å². The number of aliphatic hydroxyl groups is 1. The minimum absolute atomic E-state index is 0.0270. The number of hydrogen-bond donors (Lipinski definition) is 2. The molecule has 0 saturated carbocycles. The summed E-state index contributed by atoms with van der Waals surface area (Å²) in [7, 11) is 7.48. The Morgan fingerprint density at radius 2 is 1.67 bits per heavy atom. The molecule has 3 fully saturated rings. The molecule has 2 N–H and O–H groups in total. The summed E-state index contributed by atoms with van der Waals surface area (Å²) in [6.07, 6.45) is -0.909. The lowest BCUT2D eigenvalue weighted by atomic mass is 9.73. The third-order valence-electron chi connectivity index (χ3n) is 12.1. The molecule has 0 radical (unpaired) electrons. The first-order chi connectivity index (χ1) is 25.5. The Bertz CT molecular complexity index is 1340. The highest BCUT2D eigenvalue weighted by molar-refractivity contribution is 5.81. The maximum absolute atomic E-state index is 14.5. The Morgan fingerprint density at radius 1 is 0.981 bits per heavy atom. The van der Waals surface area contributed by atoms with E-state index in [0.29, 0.717) is 32.2 Å². The zero-order chi connectivity index (χ0) is 39.9. The molecule has 4 rings (SSSR count). The zero-order valence-corrected chi connectivity index (χ0v) is 34.6. The third kappa shape index (κ3) is 11.7. The first-order valence-electron chi connectivity index (χ1n) is 20.1. The topological polar surface area (TPSA) is 136 Å². The number of aliphatic hydroxyl groups excluding tert-OH is 1. The molecule has 2 amide bonds. The quantitative estimate of drug-likeness (QED) is 0.348. The van der Waals surface area contributed by atoms with E-state index in [2.05, 4.69) is 24.1 Å². The number of amides is 2. The van der Waals surface area contributed by atoms with Crippen LogP contribution in [0.15, 0.2) is 30.3 Å². The predicted molar refractivity (Wildman–Crippen MR) is 206 cm³/mol. The van der Waals surface area contributed by atoms with E-state index in [1.807, 2.05) is 72.1 Å². The van der Waals surface area contributed by atoms with E-state index >= 15 is 0 Å². The summed E-state index contributed by atoms with van der Waals surface area (Å²) < 4.78 is 31.6. The van der Waals surface area contributed by atoms with Gasteiger partial charge in [0, 0.05) is 52.0 Å². The number of nitrogens with one attached hydrogen (secondary N) is 1. The van der Waals surface area contributed by atoms with Crippen LogP contribution in [-0.2, 0) is 44.5 Å². The Balaban J connectivity index is 1.73. The van der Waals surface area contributed by atoms with Crippen molar-refractivity contribution in [2.75, 3.05) is 34.8 Å². The largest absolute Gasteiger partial charge is 0.460 e. The van der Waals surface area contributed by atoms with Crippen molar-refractivity contribution in [3.63, 3.8) is 0 Å². The lowest BCUT2D eigenvalue weighted by Gasteiger charge is -2.46. The van der Waals surface area contributed by atoms with Gasteiger partial charge in [0.05, 0.1) is 30.5 Å². The molecule has 3 aliphatic heterocycles. The van der Waals surface area contributed by atoms with Gasteiger partial charge < -0.3 is 43.9 Å². The van der Waals surface area contributed by atoms with Gasteiger partial charge in [0.25, 0.3) is 0 Å². The monoisotopic (exact) mass is 760 g/mol. The second kappa shape index (κ2) is 20.0. The molecular formula is C42H69N3O9. The number of benzene rings is 1. The van der Waals surface area contributed by atoms with Gasteiger partial charge in [-0.15, -0.1) is 0 Å². The minimum Gasteiger partial charge on any atom is -0.460 e. The lowest BCUT2D eigenvalue weighted by Crippen LogP contribution is -2.57. The summed E-state index contributed by atoms with van der Waals surface area (Å²) in [6, 6.07) is 9.52. The van der Waals surface area contributed by atoms with Crippen molar-refractivity contribution in [1.29, 1.82) is 0 Å². The standard InChI is InChI=1S/C42H69N3O9/c1-24-17-36(47)39(54-42-40(50-11)35(44(8)9)19-26(3)51-42)27(4)34(22-33-18-25(2)38(29(6)52-33)53-30(7)46)28(5)41(49)43-32(21-37(48)45(10)23-24)20-31-15-13-12-14-16-31/h12-16,24-29,32-36,38-40,42,47H,17-23H2,1-11H3,(H,43,49)/t24-,25+,26-,27+,28-,29+,32?,33-,34+,35+,36-,38-,39-,40-,42+/m1/s1. The lowest BCUT2D eigenvalue weighted by molar-refractivity contribution is -0.291. The summed E-state index contributed by atoms with van der Waals surface area (Å²) >= 11 is 0. The smallest absolute Gasteiger partial charge is 0.303 e. The highest BCUT2D eigenvalue weighted by Crippen LogP contribution is 2.39. The third-order valence-corrected chi connectivity index (χ3v) is 12.1. The van der Waals surface area contributed by atoms with Gasteiger partial charge in [-0.2, -0.15) is 0 Å². The molecule has 15 atom stereocenters. The fourth-order valence-electron chi connectivity index (χ4n) is 9.20. The predicted octanol–water partition coefficient (Wildman–Crippen LogP) is 4.45. The second-order valence-corrected chi connectivity index (χ2v) is 17.0. The van der Waals surface area contributed by atoms with Crippen LogP contribution in [-0.4, -0.2) is 129 Å². The average Bonchev–Trinajstić information content (AvgIpc) is 3.09. The van der Waals surface area contributed by atoms with Gasteiger partial charge in [-0.3, -0.25) is 14.4 Å². The van der Waals surface area contributed by atoms with Crippen molar-refractivity contribution in [1.82, 2.24) is 15.1 Å². The molecule has 3 saturated heterocycles. The van der Waals surface area contributed by atoms with Crippen molar-refractivity contribution in [2.45, 2.75) is 148 Å². The van der Waals surface area contributed by atoms with Crippen LogP contribution >= 0.6 is 0 Å². The van der Waals surface area contributed by atoms with E-state index in [-0.39, 0.29) is 78.3 Å². The van der Waals surface area contributed by atoms with Crippen molar-refractivity contribution < 1.29 is 43.2 Å². The van der Waals surface area contributed by atoms with Crippen molar-refractivity contribution in [3.8, 4) is 0 Å². The Labute approximate surface area is 323 Å². The van der Waals surface area contributed by atoms with Crippen LogP contribution in [0.2, 0.25) is 0 Å². The van der Waals surface area contributed by atoms with Crippen LogP contribution in [0.25, 0.3) is 0 Å². The van der Waals surface area contributed by atoms with Crippen molar-refractivity contribution in [2.24, 2.45) is 29.6 Å². The number of hydrogen-bond acceptors (Lipinski definition) is 10. The summed E-state index contributed by atoms with van der Waals surface area (Å²) in [6.45, 7) is 13.9. The Kier molecular flexibility index (Phi) is 16.3. The van der Waals surface area contributed by atoms with Crippen LogP contribution in [0.4, 0.5) is 0 Å². The Morgan fingerprint density at radius 3 is 2.28 bits per heavy atom. The number of likely N-dealkylation sites (N-methyl/N-ethyl adjacent to an activating group) is 1. The number of carbonyl (C=O) groups excluding carboxylic acids is 3. The van der Waals surface area contributed by atoms with Gasteiger partial charge >= 0.3 is 5.97 Å². The fourth-order valence-corrected chi connectivity index (χ4v) is 9.20. The first kappa shape index (κ1) is 44.1. The van der Waals surface area contributed by atoms with Gasteiger partial charge in [-0.1, -0.05) is 58.0 Å². The van der Waals surface area contributed by atoms with Gasteiger partial charge in [0.1, 0.15) is 12.2 Å². The molecule has 0 aliphatic carbocycles.